The molecule has 0 saturated carbocycles. The van der Waals surface area contributed by atoms with Crippen LogP contribution in [0.3, 0.4) is 0 Å². The average molecular weight is 209 g/mol. The molecule has 0 aromatic heterocycles. The van der Waals surface area contributed by atoms with Gasteiger partial charge in [0.05, 0.1) is 7.11 Å². The Morgan fingerprint density at radius 2 is 2.13 bits per heavy atom. The highest BCUT2D eigenvalue weighted by Crippen LogP contribution is 2.22. The largest absolute Gasteiger partial charge is 0.496 e. The van der Waals surface area contributed by atoms with Crippen LogP contribution in [0, 0.1) is 0 Å². The van der Waals surface area contributed by atoms with Gasteiger partial charge >= 0.3 is 5.97 Å². The smallest absolute Gasteiger partial charge is 0.339 e. The first-order valence-electron chi connectivity index (χ1n) is 4.72. The van der Waals surface area contributed by atoms with Crippen LogP contribution in [-0.4, -0.2) is 24.2 Å². The molecule has 1 aromatic rings. The Hall–Kier alpha value is -1.71. The molecule has 1 rings (SSSR count). The average Bonchev–Trinajstić information content (AvgIpc) is 2.16. The lowest BCUT2D eigenvalue weighted by atomic mass is 10.1. The highest BCUT2D eigenvalue weighted by Gasteiger charge is 2.11. The molecule has 0 bridgehead atoms. The van der Waals surface area contributed by atoms with Gasteiger partial charge in [-0.25, -0.2) is 4.79 Å². The molecule has 0 aliphatic rings. The van der Waals surface area contributed by atoms with Crippen molar-refractivity contribution in [3.63, 3.8) is 0 Å². The van der Waals surface area contributed by atoms with E-state index in [-0.39, 0.29) is 11.6 Å². The van der Waals surface area contributed by atoms with Gasteiger partial charge in [0.15, 0.2) is 0 Å². The maximum absolute atomic E-state index is 10.9. The zero-order valence-electron chi connectivity index (χ0n) is 9.07. The molecule has 0 saturated heterocycles. The molecule has 0 aliphatic heterocycles. The molecule has 0 atom stereocenters. The van der Waals surface area contributed by atoms with Gasteiger partial charge in [-0.15, -0.1) is 0 Å². The van der Waals surface area contributed by atoms with Crippen molar-refractivity contribution < 1.29 is 14.6 Å². The van der Waals surface area contributed by atoms with Crippen molar-refractivity contribution in [3.8, 4) is 5.75 Å². The fourth-order valence-corrected chi connectivity index (χ4v) is 1.30. The summed E-state index contributed by atoms with van der Waals surface area (Å²) in [5.41, 5.74) is 0.950. The van der Waals surface area contributed by atoms with Crippen molar-refractivity contribution in [2.75, 3.05) is 12.4 Å². The quantitative estimate of drug-likeness (QED) is 0.798. The van der Waals surface area contributed by atoms with E-state index >= 15 is 0 Å². The molecule has 4 nitrogen and oxygen atoms in total. The van der Waals surface area contributed by atoms with Crippen molar-refractivity contribution in [2.45, 2.75) is 19.9 Å². The fourth-order valence-electron chi connectivity index (χ4n) is 1.30. The molecule has 82 valence electrons. The van der Waals surface area contributed by atoms with Crippen LogP contribution in [0.15, 0.2) is 18.2 Å². The molecule has 0 spiro atoms. The third kappa shape index (κ3) is 2.87. The van der Waals surface area contributed by atoms with E-state index in [9.17, 15) is 4.79 Å². The molecular formula is C11H15NO3. The SMILES string of the molecule is COc1ccc(NC(C)C)cc1C(=O)O. The summed E-state index contributed by atoms with van der Waals surface area (Å²) >= 11 is 0. The first kappa shape index (κ1) is 11.4. The molecule has 0 radical (unpaired) electrons. The van der Waals surface area contributed by atoms with Gasteiger partial charge in [0, 0.05) is 11.7 Å². The van der Waals surface area contributed by atoms with Crippen LogP contribution in [-0.2, 0) is 0 Å². The minimum absolute atomic E-state index is 0.170. The summed E-state index contributed by atoms with van der Waals surface area (Å²) in [6, 6.07) is 5.28. The van der Waals surface area contributed by atoms with Crippen molar-refractivity contribution in [1.82, 2.24) is 0 Å². The summed E-state index contributed by atoms with van der Waals surface area (Å²) in [6.45, 7) is 3.98. The molecule has 0 unspecified atom stereocenters. The number of carbonyl (C=O) groups is 1. The van der Waals surface area contributed by atoms with E-state index < -0.39 is 5.97 Å². The number of carboxylic acid groups (broad SMARTS) is 1. The van der Waals surface area contributed by atoms with E-state index in [0.29, 0.717) is 5.75 Å². The Morgan fingerprint density at radius 1 is 1.47 bits per heavy atom. The third-order valence-corrected chi connectivity index (χ3v) is 1.89. The molecule has 1 aromatic carbocycles. The Bertz CT molecular complexity index is 361. The van der Waals surface area contributed by atoms with E-state index in [1.807, 2.05) is 13.8 Å². The highest BCUT2D eigenvalue weighted by atomic mass is 16.5. The fraction of sp³-hybridized carbons (Fsp3) is 0.364. The molecule has 4 heteroatoms. The zero-order valence-corrected chi connectivity index (χ0v) is 9.07. The van der Waals surface area contributed by atoms with E-state index in [0.717, 1.165) is 5.69 Å². The number of benzene rings is 1. The van der Waals surface area contributed by atoms with Gasteiger partial charge < -0.3 is 15.2 Å². The molecule has 15 heavy (non-hydrogen) atoms. The molecule has 0 aliphatic carbocycles. The summed E-state index contributed by atoms with van der Waals surface area (Å²) in [4.78, 5) is 10.9. The number of carboxylic acids is 1. The van der Waals surface area contributed by atoms with Crippen LogP contribution in [0.25, 0.3) is 0 Å². The summed E-state index contributed by atoms with van der Waals surface area (Å²) in [5.74, 6) is -0.615. The van der Waals surface area contributed by atoms with Crippen molar-refractivity contribution in [1.29, 1.82) is 0 Å². The normalized spacial score (nSPS) is 10.1. The lowest BCUT2D eigenvalue weighted by molar-refractivity contribution is 0.0693. The van der Waals surface area contributed by atoms with Gasteiger partial charge in [0.1, 0.15) is 11.3 Å². The second-order valence-electron chi connectivity index (χ2n) is 3.52. The number of methoxy groups -OCH3 is 1. The number of aromatic carboxylic acids is 1. The number of ether oxygens (including phenoxy) is 1. The molecule has 2 N–H and O–H groups in total. The van der Waals surface area contributed by atoms with Crippen LogP contribution in [0.5, 0.6) is 5.75 Å². The van der Waals surface area contributed by atoms with Crippen LogP contribution >= 0.6 is 0 Å². The minimum Gasteiger partial charge on any atom is -0.496 e. The maximum Gasteiger partial charge on any atom is 0.339 e. The summed E-state index contributed by atoms with van der Waals surface area (Å²) in [6.07, 6.45) is 0. The van der Waals surface area contributed by atoms with Crippen molar-refractivity contribution in [3.05, 3.63) is 23.8 Å². The van der Waals surface area contributed by atoms with Crippen molar-refractivity contribution >= 4 is 11.7 Å². The third-order valence-electron chi connectivity index (χ3n) is 1.89. The van der Waals surface area contributed by atoms with Crippen LogP contribution < -0.4 is 10.1 Å². The maximum atomic E-state index is 10.9. The van der Waals surface area contributed by atoms with Crippen LogP contribution in [0.1, 0.15) is 24.2 Å². The lowest BCUT2D eigenvalue weighted by Gasteiger charge is -2.12. The predicted octanol–water partition coefficient (Wildman–Crippen LogP) is 2.21. The number of anilines is 1. The molecular weight excluding hydrogens is 194 g/mol. The van der Waals surface area contributed by atoms with E-state index in [2.05, 4.69) is 5.32 Å². The second-order valence-corrected chi connectivity index (χ2v) is 3.52. The Labute approximate surface area is 88.9 Å². The van der Waals surface area contributed by atoms with E-state index in [1.54, 1.807) is 18.2 Å². The van der Waals surface area contributed by atoms with Crippen LogP contribution in [0.2, 0.25) is 0 Å². The topological polar surface area (TPSA) is 58.6 Å². The van der Waals surface area contributed by atoms with Crippen molar-refractivity contribution in [2.24, 2.45) is 0 Å². The monoisotopic (exact) mass is 209 g/mol. The molecule has 0 fully saturated rings. The highest BCUT2D eigenvalue weighted by molar-refractivity contribution is 5.92. The molecule has 0 heterocycles. The second kappa shape index (κ2) is 4.68. The van der Waals surface area contributed by atoms with Crippen LogP contribution in [0.4, 0.5) is 5.69 Å². The Kier molecular flexibility index (Phi) is 3.55. The first-order valence-corrected chi connectivity index (χ1v) is 4.72. The van der Waals surface area contributed by atoms with Gasteiger partial charge in [-0.3, -0.25) is 0 Å². The van der Waals surface area contributed by atoms with Gasteiger partial charge in [-0.2, -0.15) is 0 Å². The van der Waals surface area contributed by atoms with Gasteiger partial charge in [-0.1, -0.05) is 0 Å². The number of nitrogens with one attached hydrogen (secondary N) is 1. The Morgan fingerprint density at radius 3 is 2.60 bits per heavy atom. The zero-order chi connectivity index (χ0) is 11.4. The van der Waals surface area contributed by atoms with E-state index in [4.69, 9.17) is 9.84 Å². The van der Waals surface area contributed by atoms with Gasteiger partial charge in [0.25, 0.3) is 0 Å². The summed E-state index contributed by atoms with van der Waals surface area (Å²) in [7, 11) is 1.46. The summed E-state index contributed by atoms with van der Waals surface area (Å²) < 4.78 is 4.96. The number of rotatable bonds is 4. The number of hydrogen-bond acceptors (Lipinski definition) is 3. The summed E-state index contributed by atoms with van der Waals surface area (Å²) in [5, 5.41) is 12.1. The standard InChI is InChI=1S/C11H15NO3/c1-7(2)12-8-4-5-10(15-3)9(6-8)11(13)14/h4-7,12H,1-3H3,(H,13,14). The van der Waals surface area contributed by atoms with E-state index in [1.165, 1.54) is 7.11 Å². The minimum atomic E-state index is -0.987. The first-order chi connectivity index (χ1) is 7.04. The number of hydrogen-bond donors (Lipinski definition) is 2. The lowest BCUT2D eigenvalue weighted by Crippen LogP contribution is -2.10. The van der Waals surface area contributed by atoms with Gasteiger partial charge in [-0.05, 0) is 32.0 Å². The molecule has 0 amide bonds. The van der Waals surface area contributed by atoms with Gasteiger partial charge in [0.2, 0.25) is 0 Å². The predicted molar refractivity (Wildman–Crippen MR) is 58.7 cm³/mol. The Balaban J connectivity index is 3.05.